The van der Waals surface area contributed by atoms with Crippen LogP contribution in [0, 0.1) is 5.92 Å². The van der Waals surface area contributed by atoms with E-state index in [1.165, 1.54) is 0 Å². The summed E-state index contributed by atoms with van der Waals surface area (Å²) in [6.07, 6.45) is 1.60. The van der Waals surface area contributed by atoms with E-state index in [9.17, 15) is 4.79 Å². The van der Waals surface area contributed by atoms with Gasteiger partial charge in [0.05, 0.1) is 18.7 Å². The first-order valence-corrected chi connectivity index (χ1v) is 5.23. The van der Waals surface area contributed by atoms with Gasteiger partial charge in [-0.25, -0.2) is 0 Å². The summed E-state index contributed by atoms with van der Waals surface area (Å²) < 4.78 is 0. The van der Waals surface area contributed by atoms with E-state index in [0.29, 0.717) is 0 Å². The Morgan fingerprint density at radius 3 is 2.36 bits per heavy atom. The number of amides is 1. The van der Waals surface area contributed by atoms with E-state index in [0.717, 1.165) is 12.8 Å². The zero-order valence-electron chi connectivity index (χ0n) is 9.29. The Bertz CT molecular complexity index is 170. The largest absolute Gasteiger partial charge is 0.394 e. The molecule has 0 aliphatic carbocycles. The molecule has 0 aromatic rings. The number of hydrogen-bond donors (Lipinski definition) is 3. The van der Waals surface area contributed by atoms with Gasteiger partial charge in [0, 0.05) is 0 Å². The minimum Gasteiger partial charge on any atom is -0.394 e. The fourth-order valence-corrected chi connectivity index (χ4v) is 1.09. The summed E-state index contributed by atoms with van der Waals surface area (Å²) in [4.78, 5) is 11.5. The molecule has 0 aromatic heterocycles. The highest BCUT2D eigenvalue weighted by Gasteiger charge is 2.20. The van der Waals surface area contributed by atoms with Crippen molar-refractivity contribution in [2.45, 2.75) is 45.7 Å². The van der Waals surface area contributed by atoms with Crippen LogP contribution in [-0.2, 0) is 4.79 Å². The molecule has 0 saturated carbocycles. The van der Waals surface area contributed by atoms with Crippen molar-refractivity contribution in [3.63, 3.8) is 0 Å². The van der Waals surface area contributed by atoms with E-state index in [1.807, 2.05) is 20.8 Å². The number of nitrogens with one attached hydrogen (secondary N) is 1. The number of carbonyl (C=O) groups excluding carboxylic acids is 1. The lowest BCUT2D eigenvalue weighted by Gasteiger charge is -2.21. The van der Waals surface area contributed by atoms with E-state index in [1.54, 1.807) is 0 Å². The van der Waals surface area contributed by atoms with Gasteiger partial charge in [0.15, 0.2) is 0 Å². The maximum atomic E-state index is 11.5. The van der Waals surface area contributed by atoms with Crippen molar-refractivity contribution in [1.82, 2.24) is 5.32 Å². The van der Waals surface area contributed by atoms with E-state index in [4.69, 9.17) is 10.8 Å². The molecule has 0 aromatic carbocycles. The van der Waals surface area contributed by atoms with Crippen LogP contribution in [-0.4, -0.2) is 29.7 Å². The van der Waals surface area contributed by atoms with Crippen LogP contribution in [0.25, 0.3) is 0 Å². The molecule has 0 saturated heterocycles. The van der Waals surface area contributed by atoms with Gasteiger partial charge in [-0.1, -0.05) is 27.2 Å². The van der Waals surface area contributed by atoms with Gasteiger partial charge in [-0.15, -0.1) is 0 Å². The molecule has 4 nitrogen and oxygen atoms in total. The van der Waals surface area contributed by atoms with Gasteiger partial charge < -0.3 is 16.2 Å². The van der Waals surface area contributed by atoms with E-state index in [-0.39, 0.29) is 24.5 Å². The third kappa shape index (κ3) is 4.07. The van der Waals surface area contributed by atoms with Crippen LogP contribution in [0.1, 0.15) is 33.6 Å². The van der Waals surface area contributed by atoms with Gasteiger partial charge in [-0.05, 0) is 12.3 Å². The zero-order valence-corrected chi connectivity index (χ0v) is 9.29. The molecular formula is C10H22N2O2. The fraction of sp³-hybridized carbons (Fsp3) is 0.900. The highest BCUT2D eigenvalue weighted by Crippen LogP contribution is 2.05. The van der Waals surface area contributed by atoms with Crippen molar-refractivity contribution in [2.75, 3.05) is 6.61 Å². The number of rotatable bonds is 6. The van der Waals surface area contributed by atoms with Crippen LogP contribution in [0.5, 0.6) is 0 Å². The van der Waals surface area contributed by atoms with E-state index in [2.05, 4.69) is 5.32 Å². The summed E-state index contributed by atoms with van der Waals surface area (Å²) in [6, 6.07) is -0.641. The maximum Gasteiger partial charge on any atom is 0.237 e. The van der Waals surface area contributed by atoms with Crippen molar-refractivity contribution >= 4 is 5.91 Å². The third-order valence-electron chi connectivity index (χ3n) is 2.62. The topological polar surface area (TPSA) is 75.3 Å². The standard InChI is InChI=1S/C10H22N2O2/c1-4-7(3)9(11)10(14)12-8(5-2)6-13/h7-9,13H,4-6,11H2,1-3H3,(H,12,14)/t7-,8?,9-/m0/s1. The van der Waals surface area contributed by atoms with Gasteiger partial charge in [0.25, 0.3) is 0 Å². The second-order valence-corrected chi connectivity index (χ2v) is 3.71. The van der Waals surface area contributed by atoms with Crippen LogP contribution in [0.15, 0.2) is 0 Å². The Labute approximate surface area is 85.9 Å². The number of aliphatic hydroxyl groups is 1. The quantitative estimate of drug-likeness (QED) is 0.578. The van der Waals surface area contributed by atoms with Crippen LogP contribution in [0.4, 0.5) is 0 Å². The van der Waals surface area contributed by atoms with Gasteiger partial charge >= 0.3 is 0 Å². The normalized spacial score (nSPS) is 17.2. The summed E-state index contributed by atoms with van der Waals surface area (Å²) in [5, 5.41) is 11.6. The van der Waals surface area contributed by atoms with Crippen molar-refractivity contribution in [3.05, 3.63) is 0 Å². The molecule has 0 rings (SSSR count). The molecule has 4 N–H and O–H groups in total. The first kappa shape index (κ1) is 13.4. The summed E-state index contributed by atoms with van der Waals surface area (Å²) in [5.41, 5.74) is 5.74. The summed E-state index contributed by atoms with van der Waals surface area (Å²) in [5.74, 6) is 0.00597. The van der Waals surface area contributed by atoms with E-state index < -0.39 is 6.04 Å². The third-order valence-corrected chi connectivity index (χ3v) is 2.62. The van der Waals surface area contributed by atoms with Crippen molar-refractivity contribution in [1.29, 1.82) is 0 Å². The van der Waals surface area contributed by atoms with Gasteiger partial charge in [-0.2, -0.15) is 0 Å². The van der Waals surface area contributed by atoms with Gasteiger partial charge in [0.2, 0.25) is 5.91 Å². The maximum absolute atomic E-state index is 11.5. The first-order valence-electron chi connectivity index (χ1n) is 5.23. The second-order valence-electron chi connectivity index (χ2n) is 3.71. The average Bonchev–Trinajstić information content (AvgIpc) is 2.23. The Hall–Kier alpha value is -0.610. The number of hydrogen-bond acceptors (Lipinski definition) is 3. The molecule has 0 bridgehead atoms. The number of carbonyl (C=O) groups is 1. The number of aliphatic hydroxyl groups excluding tert-OH is 1. The molecule has 0 heterocycles. The van der Waals surface area contributed by atoms with Gasteiger partial charge in [-0.3, -0.25) is 4.79 Å². The second kappa shape index (κ2) is 6.79. The van der Waals surface area contributed by atoms with Crippen LogP contribution in [0.3, 0.4) is 0 Å². The molecule has 3 atom stereocenters. The van der Waals surface area contributed by atoms with Crippen LogP contribution < -0.4 is 11.1 Å². The monoisotopic (exact) mass is 202 g/mol. The fourth-order valence-electron chi connectivity index (χ4n) is 1.09. The first-order chi connectivity index (χ1) is 6.56. The Morgan fingerprint density at radius 2 is 2.00 bits per heavy atom. The molecular weight excluding hydrogens is 180 g/mol. The van der Waals surface area contributed by atoms with Gasteiger partial charge in [0.1, 0.15) is 0 Å². The summed E-state index contributed by atoms with van der Waals surface area (Å²) in [7, 11) is 0. The Kier molecular flexibility index (Phi) is 6.49. The predicted molar refractivity (Wildman–Crippen MR) is 56.7 cm³/mol. The van der Waals surface area contributed by atoms with Crippen molar-refractivity contribution in [3.8, 4) is 0 Å². The SMILES string of the molecule is CCC(CO)NC(=O)[C@@H](N)[C@@H](C)CC. The van der Waals surface area contributed by atoms with Crippen molar-refractivity contribution < 1.29 is 9.90 Å². The minimum atomic E-state index is -0.472. The molecule has 4 heteroatoms. The lowest BCUT2D eigenvalue weighted by Crippen LogP contribution is -2.49. The molecule has 14 heavy (non-hydrogen) atoms. The summed E-state index contributed by atoms with van der Waals surface area (Å²) in [6.45, 7) is 5.83. The Morgan fingerprint density at radius 1 is 1.43 bits per heavy atom. The highest BCUT2D eigenvalue weighted by molar-refractivity contribution is 5.82. The lowest BCUT2D eigenvalue weighted by atomic mass is 9.99. The van der Waals surface area contributed by atoms with Crippen LogP contribution in [0.2, 0.25) is 0 Å². The summed E-state index contributed by atoms with van der Waals surface area (Å²) >= 11 is 0. The zero-order chi connectivity index (χ0) is 11.1. The molecule has 1 amide bonds. The minimum absolute atomic E-state index is 0.0323. The molecule has 0 radical (unpaired) electrons. The molecule has 84 valence electrons. The highest BCUT2D eigenvalue weighted by atomic mass is 16.3. The Balaban J connectivity index is 4.06. The molecule has 0 aliphatic heterocycles. The number of nitrogens with two attached hydrogens (primary N) is 1. The molecule has 1 unspecified atom stereocenters. The van der Waals surface area contributed by atoms with Crippen LogP contribution >= 0.6 is 0 Å². The van der Waals surface area contributed by atoms with Crippen molar-refractivity contribution in [2.24, 2.45) is 11.7 Å². The smallest absolute Gasteiger partial charge is 0.237 e. The average molecular weight is 202 g/mol. The molecule has 0 aliphatic rings. The van der Waals surface area contributed by atoms with E-state index >= 15 is 0 Å². The molecule has 0 fully saturated rings. The predicted octanol–water partition coefficient (Wildman–Crippen LogP) is 0.247. The molecule has 0 spiro atoms. The lowest BCUT2D eigenvalue weighted by molar-refractivity contribution is -0.124.